The van der Waals surface area contributed by atoms with Gasteiger partial charge in [0.1, 0.15) is 0 Å². The van der Waals surface area contributed by atoms with Crippen LogP contribution >= 0.6 is 0 Å². The lowest BCUT2D eigenvalue weighted by Gasteiger charge is -2.03. The monoisotopic (exact) mass is 314 g/mol. The zero-order chi connectivity index (χ0) is 16.4. The summed E-state index contributed by atoms with van der Waals surface area (Å²) < 4.78 is 6.48. The number of carbonyl (C=O) groups is 2. The summed E-state index contributed by atoms with van der Waals surface area (Å²) in [6.07, 6.45) is 1.29. The van der Waals surface area contributed by atoms with Crippen molar-refractivity contribution < 1.29 is 14.0 Å². The van der Waals surface area contributed by atoms with Crippen LogP contribution in [0.1, 0.15) is 27.8 Å². The summed E-state index contributed by atoms with van der Waals surface area (Å²) in [5, 5.41) is 4.22. The molecule has 0 saturated heterocycles. The second-order valence-corrected chi connectivity index (χ2v) is 4.94. The molecule has 0 atom stereocenters. The predicted octanol–water partition coefficient (Wildman–Crippen LogP) is 0.338. The normalized spacial score (nSPS) is 10.7. The molecule has 0 aliphatic heterocycles. The Morgan fingerprint density at radius 1 is 1.26 bits per heavy atom. The fraction of sp³-hybridized carbons (Fsp3) is 0.214. The van der Waals surface area contributed by atoms with Crippen LogP contribution in [-0.2, 0) is 11.2 Å². The first-order valence-electron chi connectivity index (χ1n) is 6.85. The molecule has 23 heavy (non-hydrogen) atoms. The molecule has 9 nitrogen and oxygen atoms in total. The quantitative estimate of drug-likeness (QED) is 0.674. The van der Waals surface area contributed by atoms with Crippen LogP contribution < -0.4 is 10.9 Å². The molecule has 3 aromatic heterocycles. The average molecular weight is 314 g/mol. The lowest BCUT2D eigenvalue weighted by atomic mass is 10.4. The van der Waals surface area contributed by atoms with Crippen molar-refractivity contribution in [2.24, 2.45) is 0 Å². The molecule has 9 heteroatoms. The van der Waals surface area contributed by atoms with E-state index in [0.717, 1.165) is 11.4 Å². The summed E-state index contributed by atoms with van der Waals surface area (Å²) in [6.45, 7) is 3.74. The van der Waals surface area contributed by atoms with E-state index in [1.54, 1.807) is 10.6 Å². The highest BCUT2D eigenvalue weighted by atomic mass is 16.3. The number of aromatic nitrogens is 4. The number of furan rings is 1. The molecule has 0 saturated carbocycles. The summed E-state index contributed by atoms with van der Waals surface area (Å²) in [4.78, 5) is 31.9. The number of amides is 2. The van der Waals surface area contributed by atoms with E-state index in [4.69, 9.17) is 4.42 Å². The van der Waals surface area contributed by atoms with Gasteiger partial charge in [-0.2, -0.15) is 4.98 Å². The van der Waals surface area contributed by atoms with Crippen molar-refractivity contribution in [1.82, 2.24) is 30.4 Å². The van der Waals surface area contributed by atoms with Crippen molar-refractivity contribution in [3.05, 3.63) is 47.4 Å². The Hall–Kier alpha value is -3.23. The molecule has 3 aromatic rings. The van der Waals surface area contributed by atoms with Gasteiger partial charge in [-0.05, 0) is 32.0 Å². The number of hydrogen-bond acceptors (Lipinski definition) is 6. The van der Waals surface area contributed by atoms with E-state index in [2.05, 4.69) is 25.9 Å². The maximum Gasteiger partial charge on any atom is 0.305 e. The number of carbonyl (C=O) groups excluding carboxylic acids is 2. The highest BCUT2D eigenvalue weighted by molar-refractivity contribution is 5.92. The summed E-state index contributed by atoms with van der Waals surface area (Å²) in [7, 11) is 0. The van der Waals surface area contributed by atoms with E-state index in [9.17, 15) is 9.59 Å². The Kier molecular flexibility index (Phi) is 3.75. The van der Waals surface area contributed by atoms with E-state index < -0.39 is 11.8 Å². The van der Waals surface area contributed by atoms with E-state index in [-0.39, 0.29) is 12.2 Å². The van der Waals surface area contributed by atoms with Gasteiger partial charge in [0, 0.05) is 11.4 Å². The molecule has 2 N–H and O–H groups in total. The maximum absolute atomic E-state index is 11.8. The van der Waals surface area contributed by atoms with Gasteiger partial charge in [-0.1, -0.05) is 0 Å². The molecule has 0 radical (unpaired) electrons. The Bertz CT molecular complexity index is 868. The minimum absolute atomic E-state index is 0.0831. The third-order valence-corrected chi connectivity index (χ3v) is 3.04. The van der Waals surface area contributed by atoms with Crippen molar-refractivity contribution in [1.29, 1.82) is 0 Å². The fourth-order valence-electron chi connectivity index (χ4n) is 2.07. The van der Waals surface area contributed by atoms with Crippen LogP contribution in [0.25, 0.3) is 5.78 Å². The largest absolute Gasteiger partial charge is 0.459 e. The van der Waals surface area contributed by atoms with E-state index in [1.807, 2.05) is 19.9 Å². The van der Waals surface area contributed by atoms with Crippen molar-refractivity contribution in [2.75, 3.05) is 0 Å². The first-order chi connectivity index (χ1) is 11.0. The van der Waals surface area contributed by atoms with Crippen LogP contribution in [0.5, 0.6) is 0 Å². The highest BCUT2D eigenvalue weighted by Crippen LogP contribution is 2.05. The van der Waals surface area contributed by atoms with Gasteiger partial charge in [-0.15, -0.1) is 5.10 Å². The topological polar surface area (TPSA) is 114 Å². The van der Waals surface area contributed by atoms with Crippen molar-refractivity contribution >= 4 is 17.6 Å². The Labute approximate surface area is 130 Å². The predicted molar refractivity (Wildman–Crippen MR) is 78.3 cm³/mol. The lowest BCUT2D eigenvalue weighted by molar-refractivity contribution is -0.121. The van der Waals surface area contributed by atoms with Crippen LogP contribution in [0.3, 0.4) is 0 Å². The van der Waals surface area contributed by atoms with Crippen LogP contribution in [0.2, 0.25) is 0 Å². The van der Waals surface area contributed by atoms with E-state index >= 15 is 0 Å². The summed E-state index contributed by atoms with van der Waals surface area (Å²) in [5.41, 5.74) is 6.23. The summed E-state index contributed by atoms with van der Waals surface area (Å²) >= 11 is 0. The molecule has 118 valence electrons. The number of rotatable bonds is 3. The smallest absolute Gasteiger partial charge is 0.305 e. The Morgan fingerprint density at radius 2 is 2.09 bits per heavy atom. The van der Waals surface area contributed by atoms with Gasteiger partial charge in [0.15, 0.2) is 11.6 Å². The molecule has 0 bridgehead atoms. The number of nitrogens with zero attached hydrogens (tertiary/aromatic N) is 4. The summed E-state index contributed by atoms with van der Waals surface area (Å²) in [5.74, 6) is -0.137. The molecule has 0 aromatic carbocycles. The van der Waals surface area contributed by atoms with Crippen LogP contribution in [0.4, 0.5) is 0 Å². The molecule has 3 rings (SSSR count). The zero-order valence-corrected chi connectivity index (χ0v) is 12.5. The lowest BCUT2D eigenvalue weighted by Crippen LogP contribution is -2.42. The van der Waals surface area contributed by atoms with Gasteiger partial charge in [0.05, 0.1) is 12.7 Å². The molecule has 0 unspecified atom stereocenters. The minimum atomic E-state index is -0.542. The Morgan fingerprint density at radius 3 is 2.83 bits per heavy atom. The molecule has 3 heterocycles. The number of aryl methyl sites for hydroxylation is 2. The highest BCUT2D eigenvalue weighted by Gasteiger charge is 2.13. The third-order valence-electron chi connectivity index (χ3n) is 3.04. The molecular formula is C14H14N6O3. The Balaban J connectivity index is 1.64. The van der Waals surface area contributed by atoms with E-state index in [1.165, 1.54) is 12.3 Å². The summed E-state index contributed by atoms with van der Waals surface area (Å²) in [6, 6.07) is 4.94. The van der Waals surface area contributed by atoms with Gasteiger partial charge < -0.3 is 4.42 Å². The average Bonchev–Trinajstić information content (AvgIpc) is 3.14. The van der Waals surface area contributed by atoms with Crippen LogP contribution in [0.15, 0.2) is 28.9 Å². The van der Waals surface area contributed by atoms with Gasteiger partial charge in [0.25, 0.3) is 5.78 Å². The van der Waals surface area contributed by atoms with Gasteiger partial charge in [0.2, 0.25) is 5.91 Å². The molecule has 0 spiro atoms. The van der Waals surface area contributed by atoms with Crippen LogP contribution in [0, 0.1) is 13.8 Å². The number of nitrogens with one attached hydrogen (secondary N) is 2. The molecular weight excluding hydrogens is 300 g/mol. The first kappa shape index (κ1) is 14.7. The van der Waals surface area contributed by atoms with Crippen LogP contribution in [-0.4, -0.2) is 31.4 Å². The molecule has 0 fully saturated rings. The van der Waals surface area contributed by atoms with Gasteiger partial charge in [-0.25, -0.2) is 9.50 Å². The second kappa shape index (κ2) is 5.87. The minimum Gasteiger partial charge on any atom is -0.459 e. The number of fused-ring (bicyclic) bond motifs is 1. The second-order valence-electron chi connectivity index (χ2n) is 4.94. The molecule has 0 aliphatic carbocycles. The number of hydrazine groups is 1. The van der Waals surface area contributed by atoms with Crippen molar-refractivity contribution in [2.45, 2.75) is 20.3 Å². The fourth-order valence-corrected chi connectivity index (χ4v) is 2.07. The van der Waals surface area contributed by atoms with Crippen molar-refractivity contribution in [3.8, 4) is 0 Å². The molecule has 0 aliphatic rings. The third kappa shape index (κ3) is 3.18. The van der Waals surface area contributed by atoms with Gasteiger partial charge >= 0.3 is 5.91 Å². The van der Waals surface area contributed by atoms with Crippen molar-refractivity contribution in [3.63, 3.8) is 0 Å². The SMILES string of the molecule is Cc1cc(C)n2nc(CC(=O)NNC(=O)c3ccco3)nc2n1. The van der Waals surface area contributed by atoms with Gasteiger partial charge in [-0.3, -0.25) is 20.4 Å². The number of hydrogen-bond donors (Lipinski definition) is 2. The maximum atomic E-state index is 11.8. The van der Waals surface area contributed by atoms with E-state index in [0.29, 0.717) is 11.6 Å². The molecule has 2 amide bonds. The standard InChI is InChI=1S/C14H14N6O3/c1-8-6-9(2)20-14(15-8)16-11(19-20)7-12(21)17-18-13(22)10-4-3-5-23-10/h3-6H,7H2,1-2H3,(H,17,21)(H,18,22). The zero-order valence-electron chi connectivity index (χ0n) is 12.5. The first-order valence-corrected chi connectivity index (χ1v) is 6.85.